The summed E-state index contributed by atoms with van der Waals surface area (Å²) in [4.78, 5) is 33.0. The van der Waals surface area contributed by atoms with Crippen LogP contribution >= 0.6 is 11.3 Å². The molecule has 1 amide bonds. The molecule has 0 unspecified atom stereocenters. The molecule has 2 aromatic heterocycles. The van der Waals surface area contributed by atoms with Crippen LogP contribution in [0.25, 0.3) is 0 Å². The highest BCUT2D eigenvalue weighted by atomic mass is 32.1. The molecule has 2 heterocycles. The number of anilines is 1. The lowest BCUT2D eigenvalue weighted by atomic mass is 10.1. The van der Waals surface area contributed by atoms with Gasteiger partial charge in [0, 0.05) is 18.0 Å². The van der Waals surface area contributed by atoms with Crippen LogP contribution in [0.2, 0.25) is 0 Å². The van der Waals surface area contributed by atoms with Gasteiger partial charge in [-0.2, -0.15) is 0 Å². The zero-order valence-electron chi connectivity index (χ0n) is 16.5. The molecule has 0 saturated carbocycles. The number of amides is 1. The van der Waals surface area contributed by atoms with Gasteiger partial charge in [-0.1, -0.05) is 54.0 Å². The predicted octanol–water partition coefficient (Wildman–Crippen LogP) is 3.15. The van der Waals surface area contributed by atoms with Crippen LogP contribution in [0.4, 0.5) is 9.93 Å². The van der Waals surface area contributed by atoms with Crippen molar-refractivity contribution in [1.29, 1.82) is 0 Å². The number of thiazole rings is 1. The topological polar surface area (TPSA) is 121 Å². The Hall–Kier alpha value is -3.47. The van der Waals surface area contributed by atoms with E-state index in [4.69, 9.17) is 14.1 Å². The van der Waals surface area contributed by atoms with Crippen LogP contribution in [0.1, 0.15) is 36.8 Å². The third-order valence-corrected chi connectivity index (χ3v) is 4.73. The van der Waals surface area contributed by atoms with Crippen LogP contribution in [0, 0.1) is 0 Å². The summed E-state index contributed by atoms with van der Waals surface area (Å²) in [6.45, 7) is 2.44. The third-order valence-electron chi connectivity index (χ3n) is 3.92. The number of benzene rings is 1. The van der Waals surface area contributed by atoms with E-state index in [1.54, 1.807) is 5.38 Å². The Labute approximate surface area is 176 Å². The molecular formula is C19H21N5O5S. The SMILES string of the molecule is CCCCOC(=O)Nc1nc(CO/N=C(/c2ccccc2)c2noc(=O)n2C)cs1. The van der Waals surface area contributed by atoms with Crippen molar-refractivity contribution in [3.8, 4) is 0 Å². The van der Waals surface area contributed by atoms with Gasteiger partial charge >= 0.3 is 11.8 Å². The maximum Gasteiger partial charge on any atom is 0.441 e. The summed E-state index contributed by atoms with van der Waals surface area (Å²) in [7, 11) is 1.53. The smallest absolute Gasteiger partial charge is 0.441 e. The molecule has 3 aromatic rings. The first-order valence-corrected chi connectivity index (χ1v) is 10.1. The Bertz CT molecular complexity index is 1060. The second-order valence-electron chi connectivity index (χ2n) is 6.17. The number of hydrogen-bond donors (Lipinski definition) is 1. The first kappa shape index (κ1) is 21.2. The lowest BCUT2D eigenvalue weighted by Gasteiger charge is -2.05. The number of hydrogen-bond acceptors (Lipinski definition) is 9. The van der Waals surface area contributed by atoms with E-state index in [0.29, 0.717) is 28.7 Å². The van der Waals surface area contributed by atoms with Gasteiger partial charge in [-0.15, -0.1) is 11.3 Å². The zero-order chi connectivity index (χ0) is 21.3. The standard InChI is InChI=1S/C19H21N5O5S/c1-3-4-10-27-18(25)21-17-20-14(12-30-17)11-28-22-15(13-8-6-5-7-9-13)16-23-29-19(26)24(16)2/h5-9,12H,3-4,10-11H2,1-2H3,(H,20,21,25)/b22-15-. The molecule has 0 spiro atoms. The van der Waals surface area contributed by atoms with E-state index in [9.17, 15) is 9.59 Å². The summed E-state index contributed by atoms with van der Waals surface area (Å²) in [6.07, 6.45) is 1.21. The molecule has 0 fully saturated rings. The first-order valence-electron chi connectivity index (χ1n) is 9.25. The van der Waals surface area contributed by atoms with Gasteiger partial charge < -0.3 is 9.57 Å². The number of oxime groups is 1. The molecular weight excluding hydrogens is 410 g/mol. The number of ether oxygens (including phenoxy) is 1. The first-order chi connectivity index (χ1) is 14.6. The minimum atomic E-state index is -0.602. The lowest BCUT2D eigenvalue weighted by molar-refractivity contribution is 0.128. The monoisotopic (exact) mass is 431 g/mol. The lowest BCUT2D eigenvalue weighted by Crippen LogP contribution is -2.17. The van der Waals surface area contributed by atoms with Gasteiger partial charge in [0.15, 0.2) is 17.5 Å². The summed E-state index contributed by atoms with van der Waals surface area (Å²) in [5, 5.41) is 12.6. The zero-order valence-corrected chi connectivity index (χ0v) is 17.3. The summed E-state index contributed by atoms with van der Waals surface area (Å²) in [6, 6.07) is 9.16. The summed E-state index contributed by atoms with van der Waals surface area (Å²) in [5.41, 5.74) is 1.63. The molecule has 1 N–H and O–H groups in total. The molecule has 0 radical (unpaired) electrons. The van der Waals surface area contributed by atoms with Crippen molar-refractivity contribution >= 4 is 28.3 Å². The molecule has 0 aliphatic rings. The highest BCUT2D eigenvalue weighted by Crippen LogP contribution is 2.17. The van der Waals surface area contributed by atoms with Crippen LogP contribution in [-0.2, 0) is 23.2 Å². The van der Waals surface area contributed by atoms with E-state index in [-0.39, 0.29) is 12.4 Å². The molecule has 0 atom stereocenters. The molecule has 158 valence electrons. The van der Waals surface area contributed by atoms with E-state index in [2.05, 4.69) is 20.6 Å². The quantitative estimate of drug-likeness (QED) is 0.314. The highest BCUT2D eigenvalue weighted by molar-refractivity contribution is 7.13. The molecule has 0 aliphatic carbocycles. The molecule has 11 heteroatoms. The summed E-state index contributed by atoms with van der Waals surface area (Å²) in [5.74, 6) is -0.365. The third kappa shape index (κ3) is 5.54. The second-order valence-corrected chi connectivity index (χ2v) is 7.03. The van der Waals surface area contributed by atoms with Crippen LogP contribution in [0.15, 0.2) is 50.2 Å². The fraction of sp³-hybridized carbons (Fsp3) is 0.316. The van der Waals surface area contributed by atoms with Crippen molar-refractivity contribution in [1.82, 2.24) is 14.7 Å². The van der Waals surface area contributed by atoms with E-state index < -0.39 is 11.8 Å². The van der Waals surface area contributed by atoms with Gasteiger partial charge in [0.25, 0.3) is 0 Å². The van der Waals surface area contributed by atoms with Crippen molar-refractivity contribution in [2.75, 3.05) is 11.9 Å². The minimum absolute atomic E-state index is 0.0607. The van der Waals surface area contributed by atoms with E-state index in [1.807, 2.05) is 37.3 Å². The number of nitrogens with zero attached hydrogens (tertiary/aromatic N) is 4. The fourth-order valence-corrected chi connectivity index (χ4v) is 3.02. The Balaban J connectivity index is 1.66. The number of aromatic nitrogens is 3. The van der Waals surface area contributed by atoms with E-state index in [0.717, 1.165) is 12.8 Å². The average molecular weight is 431 g/mol. The Kier molecular flexibility index (Phi) is 7.33. The van der Waals surface area contributed by atoms with E-state index in [1.165, 1.54) is 23.0 Å². The number of carbonyl (C=O) groups is 1. The molecule has 1 aromatic carbocycles. The predicted molar refractivity (Wildman–Crippen MR) is 111 cm³/mol. The number of unbranched alkanes of at least 4 members (excludes halogenated alkanes) is 1. The number of rotatable bonds is 9. The van der Waals surface area contributed by atoms with Gasteiger partial charge in [-0.25, -0.2) is 14.6 Å². The molecule has 3 rings (SSSR count). The van der Waals surface area contributed by atoms with Gasteiger partial charge in [-0.3, -0.25) is 14.4 Å². The maximum atomic E-state index is 11.7. The second kappa shape index (κ2) is 10.3. The van der Waals surface area contributed by atoms with E-state index >= 15 is 0 Å². The Morgan fingerprint density at radius 2 is 2.13 bits per heavy atom. The highest BCUT2D eigenvalue weighted by Gasteiger charge is 2.17. The molecule has 0 aliphatic heterocycles. The largest absolute Gasteiger partial charge is 0.449 e. The maximum absolute atomic E-state index is 11.7. The molecule has 30 heavy (non-hydrogen) atoms. The summed E-state index contributed by atoms with van der Waals surface area (Å²) >= 11 is 1.25. The average Bonchev–Trinajstić information content (AvgIpc) is 3.33. The Morgan fingerprint density at radius 1 is 1.33 bits per heavy atom. The van der Waals surface area contributed by atoms with Gasteiger partial charge in [0.1, 0.15) is 0 Å². The van der Waals surface area contributed by atoms with Crippen molar-refractivity contribution in [3.05, 3.63) is 63.3 Å². The van der Waals surface area contributed by atoms with Crippen LogP contribution in [0.3, 0.4) is 0 Å². The summed E-state index contributed by atoms with van der Waals surface area (Å²) < 4.78 is 11.0. The van der Waals surface area contributed by atoms with Crippen molar-refractivity contribution < 1.29 is 18.9 Å². The molecule has 0 bridgehead atoms. The van der Waals surface area contributed by atoms with Crippen LogP contribution in [-0.4, -0.2) is 33.1 Å². The van der Waals surface area contributed by atoms with Crippen molar-refractivity contribution in [3.63, 3.8) is 0 Å². The van der Waals surface area contributed by atoms with Crippen molar-refractivity contribution in [2.45, 2.75) is 26.4 Å². The van der Waals surface area contributed by atoms with Gasteiger partial charge in [-0.05, 0) is 6.42 Å². The van der Waals surface area contributed by atoms with Crippen LogP contribution < -0.4 is 11.1 Å². The number of nitrogens with one attached hydrogen (secondary N) is 1. The van der Waals surface area contributed by atoms with Gasteiger partial charge in [0.2, 0.25) is 5.82 Å². The van der Waals surface area contributed by atoms with Crippen LogP contribution in [0.5, 0.6) is 0 Å². The molecule has 10 nitrogen and oxygen atoms in total. The van der Waals surface area contributed by atoms with Gasteiger partial charge in [0.05, 0.1) is 12.3 Å². The fourth-order valence-electron chi connectivity index (χ4n) is 2.34. The molecule has 0 saturated heterocycles. The Morgan fingerprint density at radius 3 is 2.83 bits per heavy atom. The van der Waals surface area contributed by atoms with Crippen molar-refractivity contribution in [2.24, 2.45) is 12.2 Å². The normalized spacial score (nSPS) is 11.3. The number of carbonyl (C=O) groups excluding carboxylic acids is 1. The minimum Gasteiger partial charge on any atom is -0.449 e.